The molecule has 1 N–H and O–H groups in total. The SMILES string of the molecule is CCc1nc(N/N=C\c2cccc(Cl)c2)sc1C(=O)OC. The minimum absolute atomic E-state index is 0.378. The quantitative estimate of drug-likeness (QED) is 0.519. The molecule has 0 radical (unpaired) electrons. The second-order valence-electron chi connectivity index (χ2n) is 4.06. The summed E-state index contributed by atoms with van der Waals surface area (Å²) >= 11 is 7.11. The molecule has 1 heterocycles. The van der Waals surface area contributed by atoms with E-state index in [9.17, 15) is 4.79 Å². The first kappa shape index (κ1) is 15.5. The number of carbonyl (C=O) groups excluding carboxylic acids is 1. The zero-order valence-corrected chi connectivity index (χ0v) is 13.2. The molecule has 0 saturated carbocycles. The predicted octanol–water partition coefficient (Wildman–Crippen LogP) is 3.59. The highest BCUT2D eigenvalue weighted by Crippen LogP contribution is 2.24. The molecule has 1 aromatic carbocycles. The number of esters is 1. The normalized spacial score (nSPS) is 10.8. The number of nitrogens with one attached hydrogen (secondary N) is 1. The van der Waals surface area contributed by atoms with Crippen molar-refractivity contribution < 1.29 is 9.53 Å². The lowest BCUT2D eigenvalue weighted by Gasteiger charge is -1.95. The predicted molar refractivity (Wildman–Crippen MR) is 85.5 cm³/mol. The van der Waals surface area contributed by atoms with Crippen LogP contribution in [-0.4, -0.2) is 24.3 Å². The summed E-state index contributed by atoms with van der Waals surface area (Å²) < 4.78 is 4.73. The Morgan fingerprint density at radius 1 is 1.57 bits per heavy atom. The summed E-state index contributed by atoms with van der Waals surface area (Å²) in [7, 11) is 1.35. The number of hydrogen-bond donors (Lipinski definition) is 1. The zero-order chi connectivity index (χ0) is 15.2. The lowest BCUT2D eigenvalue weighted by Crippen LogP contribution is -2.01. The van der Waals surface area contributed by atoms with Gasteiger partial charge >= 0.3 is 5.97 Å². The number of hydrazone groups is 1. The number of benzene rings is 1. The van der Waals surface area contributed by atoms with E-state index in [2.05, 4.69) is 15.5 Å². The fraction of sp³-hybridized carbons (Fsp3) is 0.214. The number of hydrogen-bond acceptors (Lipinski definition) is 6. The van der Waals surface area contributed by atoms with Crippen molar-refractivity contribution in [3.8, 4) is 0 Å². The summed E-state index contributed by atoms with van der Waals surface area (Å²) in [4.78, 5) is 16.4. The van der Waals surface area contributed by atoms with Gasteiger partial charge in [0.05, 0.1) is 19.0 Å². The molecule has 0 aliphatic heterocycles. The lowest BCUT2D eigenvalue weighted by atomic mass is 10.2. The van der Waals surface area contributed by atoms with Gasteiger partial charge in [-0.2, -0.15) is 5.10 Å². The third-order valence-electron chi connectivity index (χ3n) is 2.63. The van der Waals surface area contributed by atoms with Crippen molar-refractivity contribution in [3.05, 3.63) is 45.4 Å². The number of aromatic nitrogens is 1. The largest absolute Gasteiger partial charge is 0.465 e. The monoisotopic (exact) mass is 323 g/mol. The summed E-state index contributed by atoms with van der Waals surface area (Å²) in [6, 6.07) is 7.32. The summed E-state index contributed by atoms with van der Waals surface area (Å²) in [5.41, 5.74) is 4.38. The van der Waals surface area contributed by atoms with Gasteiger partial charge in [-0.05, 0) is 24.1 Å². The third kappa shape index (κ3) is 4.03. The molecule has 0 amide bonds. The van der Waals surface area contributed by atoms with E-state index in [1.165, 1.54) is 18.4 Å². The first-order valence-corrected chi connectivity index (χ1v) is 7.46. The number of methoxy groups -OCH3 is 1. The first-order chi connectivity index (χ1) is 10.1. The Bertz CT molecular complexity index is 670. The molecule has 0 atom stereocenters. The summed E-state index contributed by atoms with van der Waals surface area (Å²) in [5, 5.41) is 5.28. The van der Waals surface area contributed by atoms with Gasteiger partial charge < -0.3 is 4.74 Å². The fourth-order valence-electron chi connectivity index (χ4n) is 1.64. The molecule has 1 aromatic heterocycles. The van der Waals surface area contributed by atoms with Crippen LogP contribution >= 0.6 is 22.9 Å². The molecular weight excluding hydrogens is 310 g/mol. The van der Waals surface area contributed by atoms with Crippen LogP contribution in [0, 0.1) is 0 Å². The highest BCUT2D eigenvalue weighted by atomic mass is 35.5. The van der Waals surface area contributed by atoms with Crippen LogP contribution in [0.1, 0.15) is 27.9 Å². The van der Waals surface area contributed by atoms with Crippen LogP contribution in [-0.2, 0) is 11.2 Å². The van der Waals surface area contributed by atoms with Gasteiger partial charge in [0, 0.05) is 5.02 Å². The number of thiazole rings is 1. The van der Waals surface area contributed by atoms with E-state index in [-0.39, 0.29) is 5.97 Å². The highest BCUT2D eigenvalue weighted by Gasteiger charge is 2.17. The van der Waals surface area contributed by atoms with Crippen LogP contribution in [0.4, 0.5) is 5.13 Å². The third-order valence-corrected chi connectivity index (χ3v) is 3.84. The van der Waals surface area contributed by atoms with Crippen molar-refractivity contribution in [2.24, 2.45) is 5.10 Å². The maximum atomic E-state index is 11.6. The average Bonchev–Trinajstić information content (AvgIpc) is 2.90. The number of carbonyl (C=O) groups is 1. The van der Waals surface area contributed by atoms with Gasteiger partial charge in [0.1, 0.15) is 4.88 Å². The number of aryl methyl sites for hydroxylation is 1. The molecule has 0 aliphatic carbocycles. The second kappa shape index (κ2) is 7.19. The van der Waals surface area contributed by atoms with Crippen LogP contribution < -0.4 is 5.43 Å². The van der Waals surface area contributed by atoms with Crippen LogP contribution in [0.15, 0.2) is 29.4 Å². The van der Waals surface area contributed by atoms with E-state index in [0.29, 0.717) is 27.1 Å². The molecule has 0 aliphatic rings. The minimum Gasteiger partial charge on any atom is -0.465 e. The number of anilines is 1. The van der Waals surface area contributed by atoms with Crippen LogP contribution in [0.25, 0.3) is 0 Å². The van der Waals surface area contributed by atoms with Crippen molar-refractivity contribution in [1.82, 2.24) is 4.98 Å². The smallest absolute Gasteiger partial charge is 0.350 e. The Balaban J connectivity index is 2.10. The number of ether oxygens (including phenoxy) is 1. The molecule has 110 valence electrons. The lowest BCUT2D eigenvalue weighted by molar-refractivity contribution is 0.0605. The van der Waals surface area contributed by atoms with Crippen LogP contribution in [0.3, 0.4) is 0 Å². The van der Waals surface area contributed by atoms with E-state index in [1.807, 2.05) is 19.1 Å². The first-order valence-electron chi connectivity index (χ1n) is 6.26. The number of rotatable bonds is 5. The highest BCUT2D eigenvalue weighted by molar-refractivity contribution is 7.17. The summed E-state index contributed by atoms with van der Waals surface area (Å²) in [6.45, 7) is 1.93. The summed E-state index contributed by atoms with van der Waals surface area (Å²) in [6.07, 6.45) is 2.29. The topological polar surface area (TPSA) is 63.6 Å². The van der Waals surface area contributed by atoms with Crippen molar-refractivity contribution in [2.75, 3.05) is 12.5 Å². The molecule has 0 bridgehead atoms. The standard InChI is InChI=1S/C14H14ClN3O2S/c1-3-11-12(13(19)20-2)21-14(17-11)18-16-8-9-5-4-6-10(15)7-9/h4-8H,3H2,1-2H3,(H,17,18)/b16-8-. The van der Waals surface area contributed by atoms with Gasteiger partial charge in [-0.3, -0.25) is 5.43 Å². The van der Waals surface area contributed by atoms with Crippen molar-refractivity contribution in [2.45, 2.75) is 13.3 Å². The molecule has 0 spiro atoms. The molecule has 0 fully saturated rings. The number of halogens is 1. The molecule has 5 nitrogen and oxygen atoms in total. The minimum atomic E-state index is -0.378. The second-order valence-corrected chi connectivity index (χ2v) is 5.50. The van der Waals surface area contributed by atoms with Crippen molar-refractivity contribution in [1.29, 1.82) is 0 Å². The van der Waals surface area contributed by atoms with E-state index < -0.39 is 0 Å². The molecule has 2 aromatic rings. The van der Waals surface area contributed by atoms with Gasteiger partial charge in [0.2, 0.25) is 5.13 Å². The van der Waals surface area contributed by atoms with Gasteiger partial charge in [-0.25, -0.2) is 9.78 Å². The van der Waals surface area contributed by atoms with E-state index >= 15 is 0 Å². The Kier molecular flexibility index (Phi) is 5.30. The van der Waals surface area contributed by atoms with Crippen molar-refractivity contribution in [3.63, 3.8) is 0 Å². The van der Waals surface area contributed by atoms with Gasteiger partial charge in [-0.1, -0.05) is 42.0 Å². The van der Waals surface area contributed by atoms with Crippen molar-refractivity contribution >= 4 is 40.3 Å². The molecule has 0 saturated heterocycles. The van der Waals surface area contributed by atoms with Crippen LogP contribution in [0.2, 0.25) is 5.02 Å². The maximum Gasteiger partial charge on any atom is 0.350 e. The van der Waals surface area contributed by atoms with Gasteiger partial charge in [0.15, 0.2) is 0 Å². The molecule has 0 unspecified atom stereocenters. The Morgan fingerprint density at radius 3 is 3.05 bits per heavy atom. The Labute approximate surface area is 131 Å². The van der Waals surface area contributed by atoms with Gasteiger partial charge in [-0.15, -0.1) is 0 Å². The molecule has 2 rings (SSSR count). The van der Waals surface area contributed by atoms with Crippen LogP contribution in [0.5, 0.6) is 0 Å². The fourth-order valence-corrected chi connectivity index (χ4v) is 2.76. The van der Waals surface area contributed by atoms with Gasteiger partial charge in [0.25, 0.3) is 0 Å². The average molecular weight is 324 g/mol. The summed E-state index contributed by atoms with van der Waals surface area (Å²) in [5.74, 6) is -0.378. The molecule has 21 heavy (non-hydrogen) atoms. The molecule has 7 heteroatoms. The number of nitrogens with zero attached hydrogens (tertiary/aromatic N) is 2. The van der Waals surface area contributed by atoms with E-state index in [4.69, 9.17) is 16.3 Å². The Morgan fingerprint density at radius 2 is 2.38 bits per heavy atom. The maximum absolute atomic E-state index is 11.6. The van der Waals surface area contributed by atoms with E-state index in [0.717, 1.165) is 5.56 Å². The van der Waals surface area contributed by atoms with E-state index in [1.54, 1.807) is 18.3 Å². The Hall–Kier alpha value is -1.92. The molecular formula is C14H14ClN3O2S. The zero-order valence-electron chi connectivity index (χ0n) is 11.6.